The molecule has 0 spiro atoms. The molecular formula is C32H41O20+. The first-order valence-electron chi connectivity index (χ1n) is 16.1. The van der Waals surface area contributed by atoms with E-state index in [9.17, 15) is 66.4 Å². The van der Waals surface area contributed by atoms with Gasteiger partial charge in [0.25, 0.3) is 0 Å². The molecule has 7 unspecified atom stereocenters. The first-order chi connectivity index (χ1) is 24.7. The molecular weight excluding hydrogens is 704 g/mol. The van der Waals surface area contributed by atoms with Gasteiger partial charge >= 0.3 is 5.76 Å². The molecule has 0 amide bonds. The largest absolute Gasteiger partial charge is 0.571 e. The lowest BCUT2D eigenvalue weighted by Crippen LogP contribution is -2.63. The molecule has 3 saturated heterocycles. The first-order valence-corrected chi connectivity index (χ1v) is 16.1. The lowest BCUT2D eigenvalue weighted by molar-refractivity contribution is -0.351. The Labute approximate surface area is 293 Å². The fourth-order valence-corrected chi connectivity index (χ4v) is 6.18. The fourth-order valence-electron chi connectivity index (χ4n) is 6.18. The highest BCUT2D eigenvalue weighted by atomic mass is 16.8. The topological polar surface area (TPSA) is 331 Å². The molecule has 1 aromatic carbocycles. The Bertz CT molecular complexity index is 1570. The lowest BCUT2D eigenvalue weighted by Gasteiger charge is -2.44. The van der Waals surface area contributed by atoms with Crippen molar-refractivity contribution in [1.82, 2.24) is 0 Å². The highest BCUT2D eigenvalue weighted by molar-refractivity contribution is 5.69. The molecule has 20 heteroatoms. The van der Waals surface area contributed by atoms with Gasteiger partial charge in [0.1, 0.15) is 72.6 Å². The summed E-state index contributed by atoms with van der Waals surface area (Å²) in [6, 6.07) is 3.64. The molecule has 4 heterocycles. The summed E-state index contributed by atoms with van der Waals surface area (Å²) in [5.41, 5.74) is 0.252. The van der Waals surface area contributed by atoms with Gasteiger partial charge in [-0.05, 0) is 12.1 Å². The Hall–Kier alpha value is -3.58. The summed E-state index contributed by atoms with van der Waals surface area (Å²) in [4.78, 5) is 0. The monoisotopic (exact) mass is 745 g/mol. The average Bonchev–Trinajstić information content (AvgIpc) is 3.12. The molecule has 6 rings (SSSR count). The van der Waals surface area contributed by atoms with Crippen LogP contribution in [0.25, 0.3) is 5.76 Å². The number of phenols is 2. The number of aliphatic hydroxyl groups excluding tert-OH is 11. The van der Waals surface area contributed by atoms with Crippen molar-refractivity contribution in [2.24, 2.45) is 0 Å². The zero-order valence-electron chi connectivity index (χ0n) is 27.0. The smallest absolute Gasteiger partial charge is 0.305 e. The van der Waals surface area contributed by atoms with E-state index in [0.29, 0.717) is 0 Å². The van der Waals surface area contributed by atoms with Gasteiger partial charge in [-0.1, -0.05) is 0 Å². The summed E-state index contributed by atoms with van der Waals surface area (Å²) in [6.45, 7) is -2.04. The van der Waals surface area contributed by atoms with Gasteiger partial charge in [-0.2, -0.15) is 0 Å². The number of rotatable bonds is 9. The van der Waals surface area contributed by atoms with Crippen LogP contribution in [0.2, 0.25) is 0 Å². The van der Waals surface area contributed by atoms with Crippen molar-refractivity contribution in [2.75, 3.05) is 19.8 Å². The third kappa shape index (κ3) is 7.31. The minimum absolute atomic E-state index is 0.0572. The minimum atomic E-state index is -1.88. The molecule has 0 radical (unpaired) electrons. The van der Waals surface area contributed by atoms with Crippen LogP contribution < -0.4 is 0 Å². The summed E-state index contributed by atoms with van der Waals surface area (Å²) in [5, 5.41) is 134. The SMILES string of the molecule is OCC1O[C@@H](OC2=C(c3ccc(O)c(O)c3)[OH+]C3C=C(O)C=C(O[C@@H]4OC(CO)[C@@H](O)[C@H](O)C4O)C3=C2)C(O[C@@H]2OC[C@@H](O)C(O)[C@H]2O)C(O)[C@@H]1O. The second-order valence-electron chi connectivity index (χ2n) is 12.7. The standard InChI is InChI=1S/C32H40O20/c33-7-19-22(40)24(42)27(45)31(50-19)48-17-5-11(35)4-16-12(17)6-18(28(47-16)10-1-2-13(36)14(37)3-10)49-32-29(25(43)23(41)20(8-34)51-32)52-30-26(44)21(39)15(38)9-46-30/h1-6,15-16,19-27,29-45H,7-9H2/p+1/t15-,16?,19?,20?,21?,22-,23-,24+,25?,26-,27?,29?,30+,31-,32-/m1/s1. The van der Waals surface area contributed by atoms with Crippen LogP contribution in [0.4, 0.5) is 0 Å². The van der Waals surface area contributed by atoms with Crippen LogP contribution in [0.5, 0.6) is 11.5 Å². The second-order valence-corrected chi connectivity index (χ2v) is 12.7. The molecule has 4 aliphatic heterocycles. The quantitative estimate of drug-likeness (QED) is 0.0831. The van der Waals surface area contributed by atoms with Crippen molar-refractivity contribution in [3.05, 3.63) is 64.8 Å². The number of ether oxygens (including phenoxy) is 7. The summed E-state index contributed by atoms with van der Waals surface area (Å²) in [6.07, 6.45) is -21.0. The van der Waals surface area contributed by atoms with Gasteiger partial charge in [-0.25, -0.2) is 0 Å². The fraction of sp³-hybridized carbons (Fsp3) is 0.562. The van der Waals surface area contributed by atoms with E-state index in [1.165, 1.54) is 18.2 Å². The molecule has 15 atom stereocenters. The van der Waals surface area contributed by atoms with Gasteiger partial charge in [0, 0.05) is 18.2 Å². The Morgan fingerprint density at radius 3 is 2.02 bits per heavy atom. The summed E-state index contributed by atoms with van der Waals surface area (Å²) >= 11 is 0. The number of aromatic hydroxyl groups is 2. The van der Waals surface area contributed by atoms with Crippen LogP contribution in [-0.4, -0.2) is 183 Å². The average molecular weight is 746 g/mol. The van der Waals surface area contributed by atoms with Crippen molar-refractivity contribution in [2.45, 2.75) is 92.1 Å². The van der Waals surface area contributed by atoms with E-state index >= 15 is 0 Å². The molecule has 0 saturated carbocycles. The molecule has 3 fully saturated rings. The maximum absolute atomic E-state index is 11.1. The number of aliphatic hydroxyl groups is 13. The second kappa shape index (κ2) is 15.4. The van der Waals surface area contributed by atoms with Gasteiger partial charge in [-0.15, -0.1) is 0 Å². The molecule has 20 nitrogen and oxygen atoms in total. The Balaban J connectivity index is 1.38. The summed E-state index contributed by atoms with van der Waals surface area (Å²) in [5.74, 6) is -1.88. The number of hydrogen-bond acceptors (Lipinski definition) is 19. The van der Waals surface area contributed by atoms with Crippen molar-refractivity contribution >= 4 is 5.76 Å². The van der Waals surface area contributed by atoms with Gasteiger partial charge in [0.2, 0.25) is 24.4 Å². The van der Waals surface area contributed by atoms with Gasteiger partial charge in [-0.3, -0.25) is 0 Å². The Kier molecular flexibility index (Phi) is 11.3. The van der Waals surface area contributed by atoms with E-state index in [1.54, 1.807) is 0 Å². The van der Waals surface area contributed by atoms with E-state index in [2.05, 4.69) is 4.74 Å². The maximum atomic E-state index is 11.1. The number of benzene rings is 1. The van der Waals surface area contributed by atoms with Crippen molar-refractivity contribution < 1.29 is 99.5 Å². The predicted octanol–water partition coefficient (Wildman–Crippen LogP) is -4.96. The lowest BCUT2D eigenvalue weighted by atomic mass is 9.96. The molecule has 0 bridgehead atoms. The van der Waals surface area contributed by atoms with Crippen LogP contribution in [0.15, 0.2) is 59.3 Å². The number of allylic oxidation sites excluding steroid dienone is 2. The van der Waals surface area contributed by atoms with Crippen molar-refractivity contribution in [1.29, 1.82) is 0 Å². The van der Waals surface area contributed by atoms with E-state index < -0.39 is 123 Å². The highest BCUT2D eigenvalue weighted by Crippen LogP contribution is 2.40. The zero-order chi connectivity index (χ0) is 37.6. The van der Waals surface area contributed by atoms with Gasteiger partial charge in [0.05, 0.1) is 37.0 Å². The first kappa shape index (κ1) is 38.2. The molecule has 288 valence electrons. The molecule has 1 aromatic rings. The van der Waals surface area contributed by atoms with E-state index in [-0.39, 0.29) is 34.2 Å². The van der Waals surface area contributed by atoms with Gasteiger partial charge < -0.3 is 99.5 Å². The molecule has 52 heavy (non-hydrogen) atoms. The normalized spacial score (nSPS) is 40.9. The van der Waals surface area contributed by atoms with E-state index in [1.807, 2.05) is 0 Å². The van der Waals surface area contributed by atoms with E-state index in [0.717, 1.165) is 18.2 Å². The summed E-state index contributed by atoms with van der Waals surface area (Å²) < 4.78 is 38.9. The third-order valence-electron chi connectivity index (χ3n) is 9.15. The molecule has 1 aliphatic carbocycles. The Morgan fingerprint density at radius 2 is 1.35 bits per heavy atom. The van der Waals surface area contributed by atoms with Crippen LogP contribution in [0.3, 0.4) is 0 Å². The maximum Gasteiger partial charge on any atom is 0.305 e. The Morgan fingerprint density at radius 1 is 0.692 bits per heavy atom. The zero-order valence-corrected chi connectivity index (χ0v) is 27.0. The van der Waals surface area contributed by atoms with Crippen LogP contribution in [-0.2, 0) is 28.4 Å². The number of fused-ring (bicyclic) bond motifs is 1. The number of phenolic OH excluding ortho intramolecular Hbond substituents is 2. The van der Waals surface area contributed by atoms with Crippen molar-refractivity contribution in [3.63, 3.8) is 0 Å². The van der Waals surface area contributed by atoms with Crippen LogP contribution in [0.1, 0.15) is 5.56 Å². The van der Waals surface area contributed by atoms with Crippen LogP contribution >= 0.6 is 0 Å². The highest BCUT2D eigenvalue weighted by Gasteiger charge is 2.51. The molecule has 5 aliphatic rings. The predicted molar refractivity (Wildman–Crippen MR) is 166 cm³/mol. The van der Waals surface area contributed by atoms with E-state index in [4.69, 9.17) is 28.4 Å². The minimum Gasteiger partial charge on any atom is -0.571 e. The van der Waals surface area contributed by atoms with Crippen LogP contribution in [0, 0.1) is 0 Å². The molecule has 0 aromatic heterocycles. The number of hydrogen-bond donors (Lipinski definition) is 13. The van der Waals surface area contributed by atoms with Crippen molar-refractivity contribution in [3.8, 4) is 11.5 Å². The summed E-state index contributed by atoms with van der Waals surface area (Å²) in [7, 11) is 0. The van der Waals surface area contributed by atoms with Gasteiger partial charge in [0.15, 0.2) is 23.9 Å². The third-order valence-corrected chi connectivity index (χ3v) is 9.15. The molecule has 14 N–H and O–H groups in total.